The van der Waals surface area contributed by atoms with Crippen molar-refractivity contribution in [2.75, 3.05) is 23.8 Å². The van der Waals surface area contributed by atoms with Crippen molar-refractivity contribution in [3.05, 3.63) is 59.9 Å². The molecule has 3 rings (SSSR count). The first-order chi connectivity index (χ1) is 14.6. The highest BCUT2D eigenvalue weighted by Crippen LogP contribution is 2.40. The van der Waals surface area contributed by atoms with Crippen molar-refractivity contribution in [2.45, 2.75) is 12.4 Å². The van der Waals surface area contributed by atoms with Crippen LogP contribution in [-0.2, 0) is 12.4 Å². The number of nitrogens with one attached hydrogen (secondary N) is 2. The average Bonchev–Trinajstić information content (AvgIpc) is 2.71. The zero-order chi connectivity index (χ0) is 22.6. The SMILES string of the molecule is OCCNc1nc(Nc2ccc(C(F)(F)F)cc2C(F)(F)F)cc(-c2cccnc2)n1. The lowest BCUT2D eigenvalue weighted by molar-refractivity contribution is -0.142. The number of anilines is 3. The summed E-state index contributed by atoms with van der Waals surface area (Å²) in [5.74, 6) is -0.0991. The minimum absolute atomic E-state index is 0.00151. The number of rotatable bonds is 6. The van der Waals surface area contributed by atoms with Gasteiger partial charge in [0.2, 0.25) is 5.95 Å². The Balaban J connectivity index is 2.05. The topological polar surface area (TPSA) is 83.0 Å². The lowest BCUT2D eigenvalue weighted by Crippen LogP contribution is -2.14. The van der Waals surface area contributed by atoms with Crippen LogP contribution in [0.5, 0.6) is 0 Å². The first-order valence-electron chi connectivity index (χ1n) is 8.77. The van der Waals surface area contributed by atoms with Crippen LogP contribution in [0.1, 0.15) is 11.1 Å². The van der Waals surface area contributed by atoms with Gasteiger partial charge in [0.25, 0.3) is 0 Å². The van der Waals surface area contributed by atoms with Gasteiger partial charge in [0.05, 0.1) is 29.1 Å². The largest absolute Gasteiger partial charge is 0.418 e. The summed E-state index contributed by atoms with van der Waals surface area (Å²) in [5.41, 5.74) is -2.69. The van der Waals surface area contributed by atoms with E-state index in [0.717, 1.165) is 0 Å². The van der Waals surface area contributed by atoms with Crippen LogP contribution in [0.3, 0.4) is 0 Å². The highest BCUT2D eigenvalue weighted by molar-refractivity contribution is 5.68. The number of aromatic nitrogens is 3. The number of aliphatic hydroxyl groups is 1. The van der Waals surface area contributed by atoms with Crippen molar-refractivity contribution in [3.8, 4) is 11.3 Å². The van der Waals surface area contributed by atoms with Gasteiger partial charge in [-0.05, 0) is 30.3 Å². The number of aliphatic hydroxyl groups excluding tert-OH is 1. The molecule has 0 amide bonds. The lowest BCUT2D eigenvalue weighted by atomic mass is 10.1. The van der Waals surface area contributed by atoms with Gasteiger partial charge in [-0.2, -0.15) is 31.3 Å². The summed E-state index contributed by atoms with van der Waals surface area (Å²) in [5, 5.41) is 14.1. The van der Waals surface area contributed by atoms with Crippen LogP contribution in [0.15, 0.2) is 48.8 Å². The van der Waals surface area contributed by atoms with Crippen LogP contribution in [0, 0.1) is 0 Å². The third-order valence-corrected chi connectivity index (χ3v) is 3.99. The zero-order valence-electron chi connectivity index (χ0n) is 15.6. The minimum atomic E-state index is -5.04. The van der Waals surface area contributed by atoms with Crippen LogP contribution in [0.2, 0.25) is 0 Å². The number of hydrogen-bond donors (Lipinski definition) is 3. The Bertz CT molecular complexity index is 1040. The molecule has 164 valence electrons. The van der Waals surface area contributed by atoms with Crippen LogP contribution < -0.4 is 10.6 Å². The summed E-state index contributed by atoms with van der Waals surface area (Å²) in [4.78, 5) is 12.2. The van der Waals surface area contributed by atoms with Gasteiger partial charge in [0, 0.05) is 30.6 Å². The summed E-state index contributed by atoms with van der Waals surface area (Å²) >= 11 is 0. The van der Waals surface area contributed by atoms with Crippen molar-refractivity contribution in [3.63, 3.8) is 0 Å². The molecule has 0 spiro atoms. The maximum atomic E-state index is 13.4. The Hall–Kier alpha value is -3.41. The molecule has 3 N–H and O–H groups in total. The molecule has 0 radical (unpaired) electrons. The normalized spacial score (nSPS) is 12.0. The van der Waals surface area contributed by atoms with Crippen molar-refractivity contribution >= 4 is 17.5 Å². The molecule has 3 aromatic rings. The quantitative estimate of drug-likeness (QED) is 0.478. The fraction of sp³-hybridized carbons (Fsp3) is 0.211. The van der Waals surface area contributed by atoms with Gasteiger partial charge in [-0.25, -0.2) is 4.98 Å². The van der Waals surface area contributed by atoms with Crippen LogP contribution >= 0.6 is 0 Å². The van der Waals surface area contributed by atoms with E-state index in [1.807, 2.05) is 0 Å². The summed E-state index contributed by atoms with van der Waals surface area (Å²) in [6.07, 6.45) is -6.98. The Morgan fingerprint density at radius 1 is 0.935 bits per heavy atom. The molecule has 0 atom stereocenters. The number of nitrogens with zero attached hydrogens (tertiary/aromatic N) is 3. The Kier molecular flexibility index (Phi) is 6.29. The highest BCUT2D eigenvalue weighted by Gasteiger charge is 2.38. The van der Waals surface area contributed by atoms with Crippen molar-refractivity contribution in [1.29, 1.82) is 0 Å². The number of hydrogen-bond acceptors (Lipinski definition) is 6. The second kappa shape index (κ2) is 8.76. The molecule has 12 heteroatoms. The fourth-order valence-electron chi connectivity index (χ4n) is 2.62. The van der Waals surface area contributed by atoms with Gasteiger partial charge in [0.1, 0.15) is 5.82 Å². The van der Waals surface area contributed by atoms with Gasteiger partial charge in [-0.3, -0.25) is 4.98 Å². The van der Waals surface area contributed by atoms with Crippen LogP contribution in [-0.4, -0.2) is 33.2 Å². The molecule has 2 heterocycles. The predicted octanol–water partition coefficient (Wildman–Crippen LogP) is 4.72. The molecule has 0 aliphatic carbocycles. The summed E-state index contributed by atoms with van der Waals surface area (Å²) < 4.78 is 78.9. The Morgan fingerprint density at radius 2 is 1.71 bits per heavy atom. The number of halogens is 6. The van der Waals surface area contributed by atoms with E-state index in [2.05, 4.69) is 25.6 Å². The van der Waals surface area contributed by atoms with Gasteiger partial charge in [0.15, 0.2) is 0 Å². The van der Waals surface area contributed by atoms with Crippen molar-refractivity contribution < 1.29 is 31.4 Å². The molecule has 0 saturated heterocycles. The molecule has 6 nitrogen and oxygen atoms in total. The van der Waals surface area contributed by atoms with E-state index < -0.39 is 29.2 Å². The molecule has 0 unspecified atom stereocenters. The maximum absolute atomic E-state index is 13.4. The third kappa shape index (κ3) is 5.60. The molecule has 31 heavy (non-hydrogen) atoms. The predicted molar refractivity (Wildman–Crippen MR) is 101 cm³/mol. The second-order valence-corrected chi connectivity index (χ2v) is 6.23. The van der Waals surface area contributed by atoms with E-state index in [4.69, 9.17) is 5.11 Å². The van der Waals surface area contributed by atoms with Crippen LogP contribution in [0.25, 0.3) is 11.3 Å². The van der Waals surface area contributed by atoms with Gasteiger partial charge < -0.3 is 15.7 Å². The maximum Gasteiger partial charge on any atom is 0.418 e. The van der Waals surface area contributed by atoms with E-state index in [9.17, 15) is 26.3 Å². The minimum Gasteiger partial charge on any atom is -0.395 e. The first-order valence-corrected chi connectivity index (χ1v) is 8.77. The average molecular weight is 443 g/mol. The van der Waals surface area contributed by atoms with E-state index in [0.29, 0.717) is 23.4 Å². The molecule has 0 bridgehead atoms. The zero-order valence-corrected chi connectivity index (χ0v) is 15.6. The fourth-order valence-corrected chi connectivity index (χ4v) is 2.62. The number of alkyl halides is 6. The molecular weight excluding hydrogens is 428 g/mol. The standard InChI is InChI=1S/C19H15F6N5O/c20-18(21,22)12-3-4-14(13(8-12)19(23,24)25)28-16-9-15(11-2-1-5-26-10-11)29-17(30-16)27-6-7-31/h1-5,8-10,31H,6-7H2,(H2,27,28,29,30). The van der Waals surface area contributed by atoms with Gasteiger partial charge in [-0.15, -0.1) is 0 Å². The molecule has 1 aromatic carbocycles. The van der Waals surface area contributed by atoms with E-state index >= 15 is 0 Å². The van der Waals surface area contributed by atoms with Crippen molar-refractivity contribution in [2.24, 2.45) is 0 Å². The Morgan fingerprint density at radius 3 is 2.32 bits per heavy atom. The molecular formula is C19H15F6N5O. The number of benzene rings is 1. The Labute approximate surface area is 172 Å². The van der Waals surface area contributed by atoms with Gasteiger partial charge in [-0.1, -0.05) is 0 Å². The molecule has 2 aromatic heterocycles. The summed E-state index contributed by atoms with van der Waals surface area (Å²) in [6, 6.07) is 5.90. The molecule has 0 fully saturated rings. The first kappa shape index (κ1) is 22.3. The summed E-state index contributed by atoms with van der Waals surface area (Å²) in [6.45, 7) is -0.176. The molecule has 0 aliphatic heterocycles. The van der Waals surface area contributed by atoms with E-state index in [1.54, 1.807) is 12.1 Å². The highest BCUT2D eigenvalue weighted by atomic mass is 19.4. The van der Waals surface area contributed by atoms with Crippen LogP contribution in [0.4, 0.5) is 43.8 Å². The van der Waals surface area contributed by atoms with E-state index in [1.165, 1.54) is 18.5 Å². The monoisotopic (exact) mass is 443 g/mol. The lowest BCUT2D eigenvalue weighted by Gasteiger charge is -2.17. The number of pyridine rings is 1. The molecule has 0 aliphatic rings. The second-order valence-electron chi connectivity index (χ2n) is 6.23. The van der Waals surface area contributed by atoms with Crippen molar-refractivity contribution in [1.82, 2.24) is 15.0 Å². The molecule has 0 saturated carbocycles. The summed E-state index contributed by atoms with van der Waals surface area (Å²) in [7, 11) is 0. The third-order valence-electron chi connectivity index (χ3n) is 3.99. The smallest absolute Gasteiger partial charge is 0.395 e. The van der Waals surface area contributed by atoms with E-state index in [-0.39, 0.29) is 31.0 Å². The van der Waals surface area contributed by atoms with Gasteiger partial charge >= 0.3 is 12.4 Å².